The molecule has 1 atom stereocenters. The van der Waals surface area contributed by atoms with Gasteiger partial charge in [0.25, 0.3) is 5.91 Å². The number of methoxy groups -OCH3 is 1. The third kappa shape index (κ3) is 4.56. The smallest absolute Gasteiger partial charge is 0.293 e. The maximum absolute atomic E-state index is 13.1. The molecule has 0 saturated heterocycles. The number of carbonyl (C=O) groups is 1. The Morgan fingerprint density at radius 3 is 2.52 bits per heavy atom. The Morgan fingerprint density at radius 1 is 1.15 bits per heavy atom. The molecule has 5 nitrogen and oxygen atoms in total. The van der Waals surface area contributed by atoms with E-state index in [-0.39, 0.29) is 17.7 Å². The first-order valence-corrected chi connectivity index (χ1v) is 8.98. The van der Waals surface area contributed by atoms with E-state index in [0.29, 0.717) is 18.7 Å². The molecule has 2 aromatic carbocycles. The number of rotatable bonds is 7. The number of para-hydroxylation sites is 1. The number of nitrogens with zero attached hydrogens (tertiary/aromatic N) is 2. The van der Waals surface area contributed by atoms with Crippen molar-refractivity contribution in [3.8, 4) is 5.75 Å². The van der Waals surface area contributed by atoms with Gasteiger partial charge >= 0.3 is 0 Å². The highest BCUT2D eigenvalue weighted by atomic mass is 16.5. The molecule has 0 aliphatic heterocycles. The normalized spacial score (nSPS) is 11.8. The predicted molar refractivity (Wildman–Crippen MR) is 104 cm³/mol. The van der Waals surface area contributed by atoms with Crippen molar-refractivity contribution in [2.75, 3.05) is 7.11 Å². The highest BCUT2D eigenvalue weighted by Crippen LogP contribution is 2.23. The van der Waals surface area contributed by atoms with E-state index in [1.165, 1.54) is 0 Å². The Hall–Kier alpha value is -3.08. The van der Waals surface area contributed by atoms with E-state index >= 15 is 0 Å². The molecule has 0 spiro atoms. The van der Waals surface area contributed by atoms with Crippen LogP contribution in [0.5, 0.6) is 5.75 Å². The average Bonchev–Trinajstić information content (AvgIpc) is 3.13. The second kappa shape index (κ2) is 8.54. The van der Waals surface area contributed by atoms with Crippen LogP contribution in [0.25, 0.3) is 0 Å². The molecule has 0 aliphatic rings. The summed E-state index contributed by atoms with van der Waals surface area (Å²) in [4.78, 5) is 14.9. The molecular formula is C22H24N2O3. The predicted octanol–water partition coefficient (Wildman–Crippen LogP) is 4.27. The van der Waals surface area contributed by atoms with Crippen molar-refractivity contribution in [1.82, 2.24) is 10.1 Å². The Morgan fingerprint density at radius 2 is 1.85 bits per heavy atom. The van der Waals surface area contributed by atoms with Gasteiger partial charge in [-0.15, -0.1) is 0 Å². The van der Waals surface area contributed by atoms with E-state index in [1.807, 2.05) is 66.4 Å². The fourth-order valence-corrected chi connectivity index (χ4v) is 3.11. The van der Waals surface area contributed by atoms with Gasteiger partial charge in [0.1, 0.15) is 5.75 Å². The quantitative estimate of drug-likeness (QED) is 0.628. The molecule has 1 aromatic heterocycles. The third-order valence-electron chi connectivity index (χ3n) is 4.54. The number of carbonyl (C=O) groups excluding carboxylic acids is 1. The lowest BCUT2D eigenvalue weighted by molar-refractivity contribution is 0.0632. The van der Waals surface area contributed by atoms with Crippen LogP contribution in [0.3, 0.4) is 0 Å². The van der Waals surface area contributed by atoms with Gasteiger partial charge in [0, 0.05) is 18.7 Å². The molecule has 0 radical (unpaired) electrons. The zero-order chi connectivity index (χ0) is 19.2. The minimum atomic E-state index is -0.165. The first-order chi connectivity index (χ1) is 13.1. The van der Waals surface area contributed by atoms with E-state index in [9.17, 15) is 4.79 Å². The molecule has 27 heavy (non-hydrogen) atoms. The van der Waals surface area contributed by atoms with E-state index in [0.717, 1.165) is 16.9 Å². The van der Waals surface area contributed by atoms with Crippen molar-refractivity contribution < 1.29 is 14.1 Å². The Kier molecular flexibility index (Phi) is 5.91. The second-order valence-electron chi connectivity index (χ2n) is 6.62. The summed E-state index contributed by atoms with van der Waals surface area (Å²) < 4.78 is 10.7. The minimum Gasteiger partial charge on any atom is -0.496 e. The Bertz CT molecular complexity index is 889. The summed E-state index contributed by atoms with van der Waals surface area (Å²) in [6.45, 7) is 4.34. The molecule has 140 valence electrons. The van der Waals surface area contributed by atoms with Crippen molar-refractivity contribution in [2.45, 2.75) is 32.9 Å². The first-order valence-electron chi connectivity index (χ1n) is 8.98. The maximum atomic E-state index is 13.1. The number of aryl methyl sites for hydroxylation is 1. The first kappa shape index (κ1) is 18.7. The van der Waals surface area contributed by atoms with Crippen LogP contribution in [-0.4, -0.2) is 29.1 Å². The van der Waals surface area contributed by atoms with Crippen molar-refractivity contribution in [2.24, 2.45) is 0 Å². The fourth-order valence-electron chi connectivity index (χ4n) is 3.11. The molecule has 0 saturated carbocycles. The van der Waals surface area contributed by atoms with Crippen LogP contribution in [0.4, 0.5) is 0 Å². The van der Waals surface area contributed by atoms with E-state index < -0.39 is 0 Å². The number of benzene rings is 2. The van der Waals surface area contributed by atoms with Crippen LogP contribution in [0.2, 0.25) is 0 Å². The van der Waals surface area contributed by atoms with Gasteiger partial charge < -0.3 is 14.2 Å². The number of hydrogen-bond donors (Lipinski definition) is 0. The summed E-state index contributed by atoms with van der Waals surface area (Å²) in [5, 5.41) is 3.86. The number of hydrogen-bond acceptors (Lipinski definition) is 4. The Balaban J connectivity index is 1.87. The highest BCUT2D eigenvalue weighted by molar-refractivity contribution is 5.91. The molecule has 3 rings (SSSR count). The van der Waals surface area contributed by atoms with Gasteiger partial charge in [-0.25, -0.2) is 0 Å². The van der Waals surface area contributed by atoms with Gasteiger partial charge in [-0.1, -0.05) is 53.7 Å². The molecule has 5 heteroatoms. The maximum Gasteiger partial charge on any atom is 0.293 e. The largest absolute Gasteiger partial charge is 0.496 e. The highest BCUT2D eigenvalue weighted by Gasteiger charge is 2.25. The molecule has 1 heterocycles. The summed E-state index contributed by atoms with van der Waals surface area (Å²) >= 11 is 0. The van der Waals surface area contributed by atoms with Gasteiger partial charge in [-0.2, -0.15) is 0 Å². The zero-order valence-electron chi connectivity index (χ0n) is 15.9. The fraction of sp³-hybridized carbons (Fsp3) is 0.273. The molecule has 0 fully saturated rings. The average molecular weight is 364 g/mol. The van der Waals surface area contributed by atoms with Crippen molar-refractivity contribution in [3.63, 3.8) is 0 Å². The molecular weight excluding hydrogens is 340 g/mol. The number of aromatic nitrogens is 1. The van der Waals surface area contributed by atoms with Crippen molar-refractivity contribution in [1.29, 1.82) is 0 Å². The summed E-state index contributed by atoms with van der Waals surface area (Å²) in [5.41, 5.74) is 2.82. The van der Waals surface area contributed by atoms with Gasteiger partial charge in [-0.3, -0.25) is 4.79 Å². The molecule has 3 aromatic rings. The van der Waals surface area contributed by atoms with Crippen molar-refractivity contribution >= 4 is 5.91 Å². The number of ether oxygens (including phenoxy) is 1. The summed E-state index contributed by atoms with van der Waals surface area (Å²) in [5.74, 6) is 0.920. The van der Waals surface area contributed by atoms with Gasteiger partial charge in [0.2, 0.25) is 5.76 Å². The van der Waals surface area contributed by atoms with Gasteiger partial charge in [0.15, 0.2) is 0 Å². The zero-order valence-corrected chi connectivity index (χ0v) is 15.9. The van der Waals surface area contributed by atoms with Crippen LogP contribution < -0.4 is 4.74 Å². The van der Waals surface area contributed by atoms with Crippen molar-refractivity contribution in [3.05, 3.63) is 83.2 Å². The molecule has 0 N–H and O–H groups in total. The van der Waals surface area contributed by atoms with E-state index in [2.05, 4.69) is 5.16 Å². The van der Waals surface area contributed by atoms with Crippen LogP contribution in [-0.2, 0) is 13.0 Å². The van der Waals surface area contributed by atoms with E-state index in [4.69, 9.17) is 9.26 Å². The standard InChI is InChI=1S/C22H24N2O3/c1-16-13-21(27-23-16)22(25)24(15-18-9-5-4-6-10-18)17(2)14-19-11-7-8-12-20(19)26-3/h4-13,17H,14-15H2,1-3H3. The third-order valence-corrected chi connectivity index (χ3v) is 4.54. The van der Waals surface area contributed by atoms with Crippen LogP contribution in [0, 0.1) is 6.92 Å². The molecule has 0 aliphatic carbocycles. The van der Waals surface area contributed by atoms with E-state index in [1.54, 1.807) is 20.1 Å². The van der Waals surface area contributed by atoms with Gasteiger partial charge in [0.05, 0.1) is 12.8 Å². The molecule has 1 unspecified atom stereocenters. The monoisotopic (exact) mass is 364 g/mol. The lowest BCUT2D eigenvalue weighted by Crippen LogP contribution is -2.39. The summed E-state index contributed by atoms with van der Waals surface area (Å²) in [7, 11) is 1.66. The second-order valence-corrected chi connectivity index (χ2v) is 6.62. The molecule has 0 bridgehead atoms. The summed E-state index contributed by atoms with van der Waals surface area (Å²) in [6, 6.07) is 19.4. The topological polar surface area (TPSA) is 55.6 Å². The van der Waals surface area contributed by atoms with Gasteiger partial charge in [-0.05, 0) is 37.5 Å². The lowest BCUT2D eigenvalue weighted by Gasteiger charge is -2.29. The SMILES string of the molecule is COc1ccccc1CC(C)N(Cc1ccccc1)C(=O)c1cc(C)no1. The van der Waals surface area contributed by atoms with Crippen LogP contribution in [0.15, 0.2) is 65.2 Å². The lowest BCUT2D eigenvalue weighted by atomic mass is 10.0. The Labute approximate surface area is 159 Å². The molecule has 1 amide bonds. The summed E-state index contributed by atoms with van der Waals surface area (Å²) in [6.07, 6.45) is 0.676. The van der Waals surface area contributed by atoms with Crippen LogP contribution >= 0.6 is 0 Å². The number of amides is 1. The van der Waals surface area contributed by atoms with Crippen LogP contribution in [0.1, 0.15) is 34.3 Å². The minimum absolute atomic E-state index is 0.0561.